The lowest BCUT2D eigenvalue weighted by Crippen LogP contribution is -2.34. The summed E-state index contributed by atoms with van der Waals surface area (Å²) in [7, 11) is 1.72. The first-order chi connectivity index (χ1) is 15.3. The fraction of sp³-hybridized carbons (Fsp3) is 0.520. The Kier molecular flexibility index (Phi) is 8.38. The van der Waals surface area contributed by atoms with Crippen molar-refractivity contribution in [2.75, 3.05) is 52.1 Å². The van der Waals surface area contributed by atoms with Crippen LogP contribution in [0.25, 0.3) is 6.08 Å². The molecule has 1 aromatic heterocycles. The second-order valence-electron chi connectivity index (χ2n) is 8.40. The van der Waals surface area contributed by atoms with Crippen molar-refractivity contribution in [3.8, 4) is 5.75 Å². The predicted octanol–water partition coefficient (Wildman–Crippen LogP) is 4.57. The van der Waals surface area contributed by atoms with Crippen LogP contribution in [0.15, 0.2) is 47.8 Å². The Hall–Kier alpha value is -1.89. The van der Waals surface area contributed by atoms with Gasteiger partial charge in [-0.2, -0.15) is 0 Å². The van der Waals surface area contributed by atoms with E-state index in [-0.39, 0.29) is 0 Å². The first kappa shape index (κ1) is 22.3. The summed E-state index contributed by atoms with van der Waals surface area (Å²) < 4.78 is 5.45. The monoisotopic (exact) mass is 438 g/mol. The predicted molar refractivity (Wildman–Crippen MR) is 129 cm³/mol. The lowest BCUT2D eigenvalue weighted by Gasteiger charge is -2.31. The molecule has 0 unspecified atom stereocenters. The molecule has 6 heteroatoms. The minimum Gasteiger partial charge on any atom is -0.496 e. The van der Waals surface area contributed by atoms with E-state index in [0.29, 0.717) is 5.92 Å². The Labute approximate surface area is 190 Å². The molecule has 2 aliphatic heterocycles. The van der Waals surface area contributed by atoms with Gasteiger partial charge in [0, 0.05) is 48.8 Å². The third kappa shape index (κ3) is 6.55. The maximum atomic E-state index is 5.45. The highest BCUT2D eigenvalue weighted by Crippen LogP contribution is 2.27. The van der Waals surface area contributed by atoms with E-state index in [4.69, 9.17) is 9.72 Å². The zero-order valence-corrected chi connectivity index (χ0v) is 19.4. The van der Waals surface area contributed by atoms with E-state index in [2.05, 4.69) is 45.1 Å². The summed E-state index contributed by atoms with van der Waals surface area (Å²) in [6.07, 6.45) is 11.5. The zero-order chi connectivity index (χ0) is 21.3. The molecule has 2 aromatic rings. The molecule has 5 nitrogen and oxygen atoms in total. The summed E-state index contributed by atoms with van der Waals surface area (Å²) in [5.41, 5.74) is 2.34. The van der Waals surface area contributed by atoms with Gasteiger partial charge in [0.15, 0.2) is 5.16 Å². The maximum Gasteiger partial charge on any atom is 0.187 e. The topological polar surface area (TPSA) is 41.5 Å². The summed E-state index contributed by atoms with van der Waals surface area (Å²) in [6, 6.07) is 10.3. The SMILES string of the molecule is COc1ccccc1/C=C/CN1CCC[C@@H](c2ccnc(SCCN3CCCC3)n2)C1. The lowest BCUT2D eigenvalue weighted by molar-refractivity contribution is 0.226. The van der Waals surface area contributed by atoms with Crippen LogP contribution >= 0.6 is 11.8 Å². The van der Waals surface area contributed by atoms with Crippen molar-refractivity contribution in [3.63, 3.8) is 0 Å². The van der Waals surface area contributed by atoms with Crippen LogP contribution in [-0.4, -0.2) is 71.9 Å². The summed E-state index contributed by atoms with van der Waals surface area (Å²) in [5, 5.41) is 0.935. The first-order valence-electron chi connectivity index (χ1n) is 11.5. The van der Waals surface area contributed by atoms with Gasteiger partial charge in [0.1, 0.15) is 5.75 Å². The van der Waals surface area contributed by atoms with Crippen LogP contribution in [0.4, 0.5) is 0 Å². The standard InChI is InChI=1S/C25H34N4OS/c1-30-24-11-3-2-8-21(24)9-6-16-29-17-7-10-22(20-29)23-12-13-26-25(27-23)31-19-18-28-14-4-5-15-28/h2-3,6,8-9,11-13,22H,4-5,7,10,14-20H2,1H3/b9-6+/t22-/m1/s1. The van der Waals surface area contributed by atoms with Gasteiger partial charge in [-0.25, -0.2) is 9.97 Å². The van der Waals surface area contributed by atoms with Crippen molar-refractivity contribution in [3.05, 3.63) is 53.9 Å². The fourth-order valence-corrected chi connectivity index (χ4v) is 5.36. The van der Waals surface area contributed by atoms with Crippen LogP contribution in [-0.2, 0) is 0 Å². The van der Waals surface area contributed by atoms with Gasteiger partial charge in [-0.15, -0.1) is 0 Å². The largest absolute Gasteiger partial charge is 0.496 e. The van der Waals surface area contributed by atoms with Crippen molar-refractivity contribution < 1.29 is 4.74 Å². The van der Waals surface area contributed by atoms with E-state index in [0.717, 1.165) is 48.4 Å². The molecule has 0 bridgehead atoms. The van der Waals surface area contributed by atoms with Gasteiger partial charge in [0.2, 0.25) is 0 Å². The molecule has 0 saturated carbocycles. The number of hydrogen-bond donors (Lipinski definition) is 0. The number of ether oxygens (including phenoxy) is 1. The molecule has 2 saturated heterocycles. The maximum absolute atomic E-state index is 5.45. The van der Waals surface area contributed by atoms with E-state index >= 15 is 0 Å². The molecule has 4 rings (SSSR count). The number of methoxy groups -OCH3 is 1. The van der Waals surface area contributed by atoms with Gasteiger partial charge in [-0.1, -0.05) is 42.1 Å². The highest BCUT2D eigenvalue weighted by molar-refractivity contribution is 7.99. The quantitative estimate of drug-likeness (QED) is 0.422. The second kappa shape index (κ2) is 11.7. The minimum atomic E-state index is 0.495. The molecule has 1 atom stereocenters. The molecule has 0 radical (unpaired) electrons. The number of nitrogens with zero attached hydrogens (tertiary/aromatic N) is 4. The number of rotatable bonds is 9. The van der Waals surface area contributed by atoms with Crippen molar-refractivity contribution in [1.29, 1.82) is 0 Å². The summed E-state index contributed by atoms with van der Waals surface area (Å²) in [5.74, 6) is 2.49. The first-order valence-corrected chi connectivity index (χ1v) is 12.5. The molecule has 2 aliphatic rings. The smallest absolute Gasteiger partial charge is 0.187 e. The minimum absolute atomic E-state index is 0.495. The molecule has 166 valence electrons. The third-order valence-electron chi connectivity index (χ3n) is 6.22. The Morgan fingerprint density at radius 2 is 1.94 bits per heavy atom. The molecular formula is C25H34N4OS. The van der Waals surface area contributed by atoms with E-state index in [9.17, 15) is 0 Å². The Balaban J connectivity index is 1.29. The van der Waals surface area contributed by atoms with Gasteiger partial charge in [0.05, 0.1) is 7.11 Å². The van der Waals surface area contributed by atoms with Crippen LogP contribution in [0.1, 0.15) is 42.9 Å². The molecule has 0 N–H and O–H groups in total. The van der Waals surface area contributed by atoms with E-state index < -0.39 is 0 Å². The van der Waals surface area contributed by atoms with Crippen molar-refractivity contribution in [2.24, 2.45) is 0 Å². The van der Waals surface area contributed by atoms with Crippen molar-refractivity contribution in [2.45, 2.75) is 36.8 Å². The molecule has 3 heterocycles. The number of aromatic nitrogens is 2. The normalized spacial score (nSPS) is 20.5. The lowest BCUT2D eigenvalue weighted by atomic mass is 9.94. The molecule has 0 spiro atoms. The molecule has 0 amide bonds. The average Bonchev–Trinajstić information content (AvgIpc) is 3.33. The summed E-state index contributed by atoms with van der Waals surface area (Å²) in [4.78, 5) is 14.5. The molecule has 31 heavy (non-hydrogen) atoms. The van der Waals surface area contributed by atoms with Gasteiger partial charge in [-0.05, 0) is 57.5 Å². The van der Waals surface area contributed by atoms with E-state index in [1.807, 2.05) is 18.3 Å². The van der Waals surface area contributed by atoms with E-state index in [1.165, 1.54) is 44.5 Å². The second-order valence-corrected chi connectivity index (χ2v) is 9.47. The van der Waals surface area contributed by atoms with Gasteiger partial charge in [-0.3, -0.25) is 4.90 Å². The number of hydrogen-bond acceptors (Lipinski definition) is 6. The van der Waals surface area contributed by atoms with Gasteiger partial charge < -0.3 is 9.64 Å². The Morgan fingerprint density at radius 3 is 2.81 bits per heavy atom. The van der Waals surface area contributed by atoms with Crippen LogP contribution in [0.3, 0.4) is 0 Å². The van der Waals surface area contributed by atoms with E-state index in [1.54, 1.807) is 18.9 Å². The number of para-hydroxylation sites is 1. The highest BCUT2D eigenvalue weighted by atomic mass is 32.2. The Bertz CT molecular complexity index is 853. The number of thioether (sulfide) groups is 1. The van der Waals surface area contributed by atoms with Crippen LogP contribution < -0.4 is 4.74 Å². The molecular weight excluding hydrogens is 404 g/mol. The highest BCUT2D eigenvalue weighted by Gasteiger charge is 2.22. The van der Waals surface area contributed by atoms with Crippen LogP contribution in [0.2, 0.25) is 0 Å². The average molecular weight is 439 g/mol. The number of piperidine rings is 1. The van der Waals surface area contributed by atoms with Gasteiger partial charge in [0.25, 0.3) is 0 Å². The summed E-state index contributed by atoms with van der Waals surface area (Å²) in [6.45, 7) is 6.82. The fourth-order valence-electron chi connectivity index (χ4n) is 4.52. The third-order valence-corrected chi connectivity index (χ3v) is 7.06. The molecule has 0 aliphatic carbocycles. The Morgan fingerprint density at radius 1 is 1.10 bits per heavy atom. The van der Waals surface area contributed by atoms with Crippen molar-refractivity contribution >= 4 is 17.8 Å². The zero-order valence-electron chi connectivity index (χ0n) is 18.6. The molecule has 2 fully saturated rings. The van der Waals surface area contributed by atoms with Gasteiger partial charge >= 0.3 is 0 Å². The van der Waals surface area contributed by atoms with Crippen molar-refractivity contribution in [1.82, 2.24) is 19.8 Å². The number of likely N-dealkylation sites (tertiary alicyclic amines) is 2. The molecule has 1 aromatic carbocycles. The van der Waals surface area contributed by atoms with Crippen LogP contribution in [0, 0.1) is 0 Å². The van der Waals surface area contributed by atoms with Crippen LogP contribution in [0.5, 0.6) is 5.75 Å². The number of benzene rings is 1. The summed E-state index contributed by atoms with van der Waals surface area (Å²) >= 11 is 1.80.